The van der Waals surface area contributed by atoms with Crippen molar-refractivity contribution in [2.45, 2.75) is 25.7 Å². The molecule has 0 heterocycles. The molecule has 0 saturated carbocycles. The van der Waals surface area contributed by atoms with Crippen molar-refractivity contribution in [2.24, 2.45) is 0 Å². The van der Waals surface area contributed by atoms with Crippen LogP contribution in [0.5, 0.6) is 0 Å². The van der Waals surface area contributed by atoms with Gasteiger partial charge in [-0.2, -0.15) is 0 Å². The van der Waals surface area contributed by atoms with Gasteiger partial charge in [-0.1, -0.05) is 0 Å². The minimum atomic E-state index is -0.986. The lowest BCUT2D eigenvalue weighted by atomic mass is 9.79. The summed E-state index contributed by atoms with van der Waals surface area (Å²) in [5.74, 6) is -1.97. The van der Waals surface area contributed by atoms with Gasteiger partial charge in [-0.3, -0.25) is 0 Å². The summed E-state index contributed by atoms with van der Waals surface area (Å²) in [5.41, 5.74) is 3.80. The van der Waals surface area contributed by atoms with Gasteiger partial charge in [-0.05, 0) is 47.9 Å². The molecule has 2 aliphatic carbocycles. The lowest BCUT2D eigenvalue weighted by Crippen LogP contribution is -2.20. The molecule has 0 saturated heterocycles. The van der Waals surface area contributed by atoms with Gasteiger partial charge >= 0.3 is 11.9 Å². The topological polar surface area (TPSA) is 74.6 Å². The number of hydrogen-bond donors (Lipinski definition) is 2. The van der Waals surface area contributed by atoms with Crippen molar-refractivity contribution in [1.82, 2.24) is 0 Å². The minimum Gasteiger partial charge on any atom is -0.478 e. The summed E-state index contributed by atoms with van der Waals surface area (Å²) < 4.78 is 0. The number of carboxylic acid groups (broad SMARTS) is 2. The Morgan fingerprint density at radius 2 is 1.06 bits per heavy atom. The van der Waals surface area contributed by atoms with Crippen LogP contribution < -0.4 is 0 Å². The molecule has 4 nitrogen and oxygen atoms in total. The average Bonchev–Trinajstić information content (AvgIpc) is 2.50. The van der Waals surface area contributed by atoms with E-state index in [1.807, 2.05) is 0 Å². The summed E-state index contributed by atoms with van der Waals surface area (Å²) in [7, 11) is 0. The molecule has 2 N–H and O–H groups in total. The number of aromatic carboxylic acids is 2. The molecule has 4 heteroatoms. The Bertz CT molecular complexity index is 543. The first kappa shape index (κ1) is 9.39. The second-order valence-corrected chi connectivity index (χ2v) is 4.27. The van der Waals surface area contributed by atoms with Crippen molar-refractivity contribution in [3.8, 4) is 0 Å². The van der Waals surface area contributed by atoms with Gasteiger partial charge in [-0.25, -0.2) is 9.59 Å². The molecule has 2 aliphatic rings. The largest absolute Gasteiger partial charge is 0.478 e. The van der Waals surface area contributed by atoms with Crippen LogP contribution in [0, 0.1) is 0 Å². The molecule has 0 radical (unpaired) electrons. The second kappa shape index (κ2) is 2.84. The summed E-state index contributed by atoms with van der Waals surface area (Å²) in [6.45, 7) is 0. The number of benzene rings is 1. The van der Waals surface area contributed by atoms with Crippen LogP contribution in [-0.2, 0) is 25.7 Å². The van der Waals surface area contributed by atoms with E-state index in [2.05, 4.69) is 0 Å². The first-order valence-electron chi connectivity index (χ1n) is 5.27. The quantitative estimate of drug-likeness (QED) is 0.784. The average molecular weight is 218 g/mol. The highest BCUT2D eigenvalue weighted by Gasteiger charge is 2.36. The van der Waals surface area contributed by atoms with Crippen molar-refractivity contribution in [3.05, 3.63) is 33.4 Å². The van der Waals surface area contributed by atoms with Gasteiger partial charge in [0, 0.05) is 0 Å². The summed E-state index contributed by atoms with van der Waals surface area (Å²) >= 11 is 0. The van der Waals surface area contributed by atoms with E-state index < -0.39 is 11.9 Å². The van der Waals surface area contributed by atoms with Gasteiger partial charge in [0.1, 0.15) is 0 Å². The van der Waals surface area contributed by atoms with Crippen molar-refractivity contribution in [2.75, 3.05) is 0 Å². The highest BCUT2D eigenvalue weighted by molar-refractivity contribution is 6.01. The zero-order valence-corrected chi connectivity index (χ0v) is 8.54. The first-order chi connectivity index (χ1) is 7.61. The molecule has 0 spiro atoms. The van der Waals surface area contributed by atoms with Gasteiger partial charge in [0.05, 0.1) is 11.1 Å². The van der Waals surface area contributed by atoms with Gasteiger partial charge in [0.2, 0.25) is 0 Å². The van der Waals surface area contributed by atoms with E-state index in [-0.39, 0.29) is 11.1 Å². The van der Waals surface area contributed by atoms with Crippen LogP contribution in [0.2, 0.25) is 0 Å². The molecule has 0 aromatic heterocycles. The molecule has 0 aliphatic heterocycles. The summed E-state index contributed by atoms with van der Waals surface area (Å²) in [6.07, 6.45) is 2.85. The zero-order chi connectivity index (χ0) is 11.4. The molecule has 0 unspecified atom stereocenters. The third kappa shape index (κ3) is 0.939. The molecule has 82 valence electrons. The Balaban J connectivity index is 2.39. The molecule has 0 fully saturated rings. The lowest BCUT2D eigenvalue weighted by Gasteiger charge is -2.24. The Morgan fingerprint density at radius 3 is 1.44 bits per heavy atom. The van der Waals surface area contributed by atoms with E-state index in [0.29, 0.717) is 18.4 Å². The fourth-order valence-electron chi connectivity index (χ4n) is 2.92. The Labute approximate surface area is 91.5 Å². The Morgan fingerprint density at radius 1 is 0.688 bits per heavy atom. The first-order valence-corrected chi connectivity index (χ1v) is 5.27. The van der Waals surface area contributed by atoms with Crippen molar-refractivity contribution in [1.29, 1.82) is 0 Å². The van der Waals surface area contributed by atoms with Gasteiger partial charge in [-0.15, -0.1) is 0 Å². The molecule has 2 bridgehead atoms. The van der Waals surface area contributed by atoms with Gasteiger partial charge < -0.3 is 10.2 Å². The molecule has 0 amide bonds. The van der Waals surface area contributed by atoms with E-state index in [4.69, 9.17) is 5.11 Å². The van der Waals surface area contributed by atoms with Crippen LogP contribution in [0.15, 0.2) is 0 Å². The monoisotopic (exact) mass is 218 g/mol. The van der Waals surface area contributed by atoms with Crippen LogP contribution in [0.25, 0.3) is 0 Å². The maximum atomic E-state index is 11.2. The van der Waals surface area contributed by atoms with E-state index in [0.717, 1.165) is 29.5 Å². The fourth-order valence-corrected chi connectivity index (χ4v) is 2.92. The van der Waals surface area contributed by atoms with Crippen LogP contribution in [0.4, 0.5) is 0 Å². The van der Waals surface area contributed by atoms with E-state index in [9.17, 15) is 14.7 Å². The number of fused-ring (bicyclic) bond motifs is 4. The molecule has 1 aromatic rings. The van der Waals surface area contributed by atoms with Crippen molar-refractivity contribution >= 4 is 11.9 Å². The van der Waals surface area contributed by atoms with Crippen LogP contribution >= 0.6 is 0 Å². The normalized spacial score (nSPS) is 15.5. The number of carboxylic acids is 2. The predicted octanol–water partition coefficient (Wildman–Crippen LogP) is 1.28. The molecule has 0 atom stereocenters. The molecule has 16 heavy (non-hydrogen) atoms. The summed E-state index contributed by atoms with van der Waals surface area (Å²) in [4.78, 5) is 22.3. The van der Waals surface area contributed by atoms with E-state index >= 15 is 0 Å². The standard InChI is InChI=1S/C12H10O4/c13-11(14)9-6-2-1-5(6)7-3-4-8(9)10(7)12(15)16/h1-4H2,(H,13,14)(H,15,16). The number of rotatable bonds is 2. The maximum Gasteiger partial charge on any atom is 0.336 e. The lowest BCUT2D eigenvalue weighted by molar-refractivity contribution is 0.0694. The highest BCUT2D eigenvalue weighted by Crippen LogP contribution is 2.40. The van der Waals surface area contributed by atoms with Gasteiger partial charge in [0.15, 0.2) is 0 Å². The van der Waals surface area contributed by atoms with Crippen LogP contribution in [0.3, 0.4) is 0 Å². The molecule has 3 rings (SSSR count). The number of hydrogen-bond acceptors (Lipinski definition) is 2. The smallest absolute Gasteiger partial charge is 0.336 e. The van der Waals surface area contributed by atoms with Gasteiger partial charge in [0.25, 0.3) is 0 Å². The van der Waals surface area contributed by atoms with Crippen molar-refractivity contribution < 1.29 is 19.8 Å². The Hall–Kier alpha value is -1.84. The predicted molar refractivity (Wildman–Crippen MR) is 55.2 cm³/mol. The molecular weight excluding hydrogens is 208 g/mol. The highest BCUT2D eigenvalue weighted by atomic mass is 16.4. The molecule has 1 aromatic carbocycles. The van der Waals surface area contributed by atoms with Crippen LogP contribution in [0.1, 0.15) is 43.0 Å². The maximum absolute atomic E-state index is 11.2. The Kier molecular flexibility index (Phi) is 1.67. The zero-order valence-electron chi connectivity index (χ0n) is 8.54. The molecular formula is C12H10O4. The third-order valence-electron chi connectivity index (χ3n) is 3.61. The minimum absolute atomic E-state index is 0.260. The van der Waals surface area contributed by atoms with E-state index in [1.165, 1.54) is 0 Å². The van der Waals surface area contributed by atoms with E-state index in [1.54, 1.807) is 0 Å². The fraction of sp³-hybridized carbons (Fsp3) is 0.333. The van der Waals surface area contributed by atoms with Crippen molar-refractivity contribution in [3.63, 3.8) is 0 Å². The third-order valence-corrected chi connectivity index (χ3v) is 3.61. The summed E-state index contributed by atoms with van der Waals surface area (Å²) in [5, 5.41) is 18.3. The second-order valence-electron chi connectivity index (χ2n) is 4.27. The summed E-state index contributed by atoms with van der Waals surface area (Å²) in [6, 6.07) is 0. The van der Waals surface area contributed by atoms with Crippen LogP contribution in [-0.4, -0.2) is 22.2 Å². The number of carbonyl (C=O) groups is 2. The SMILES string of the molecule is O=C(O)c1c2c(c3c(C(=O)O)c1CC3)CC2.